The van der Waals surface area contributed by atoms with Crippen LogP contribution in [0, 0.1) is 6.92 Å². The number of aromatic nitrogens is 9. The van der Waals surface area contributed by atoms with Gasteiger partial charge in [-0.3, -0.25) is 4.98 Å². The number of benzene rings is 1. The number of aryl methyl sites for hydroxylation is 1. The summed E-state index contributed by atoms with van der Waals surface area (Å²) in [6, 6.07) is 14.9. The zero-order valence-electron chi connectivity index (χ0n) is 29.7. The molecule has 0 saturated carbocycles. The highest BCUT2D eigenvalue weighted by Gasteiger charge is 2.20. The zero-order chi connectivity index (χ0) is 37.5. The molecule has 0 spiro atoms. The molecular formula is C36H38ClN11O4. The van der Waals surface area contributed by atoms with E-state index in [0.717, 1.165) is 32.7 Å². The van der Waals surface area contributed by atoms with Crippen molar-refractivity contribution in [2.24, 2.45) is 0 Å². The Labute approximate surface area is 305 Å². The van der Waals surface area contributed by atoms with Gasteiger partial charge in [0.15, 0.2) is 0 Å². The lowest BCUT2D eigenvalue weighted by molar-refractivity contribution is 0.0503. The third-order valence-corrected chi connectivity index (χ3v) is 6.73. The number of halogens is 1. The lowest BCUT2D eigenvalue weighted by Crippen LogP contribution is -2.27. The quantitative estimate of drug-likeness (QED) is 0.158. The van der Waals surface area contributed by atoms with E-state index < -0.39 is 23.4 Å². The fraction of sp³-hybridized carbons (Fsp3) is 0.250. The van der Waals surface area contributed by atoms with Crippen LogP contribution in [0.2, 0.25) is 5.28 Å². The van der Waals surface area contributed by atoms with Gasteiger partial charge < -0.3 is 20.1 Å². The van der Waals surface area contributed by atoms with E-state index in [4.69, 9.17) is 21.1 Å². The number of anilines is 4. The molecule has 0 aliphatic rings. The maximum atomic E-state index is 12.0. The first kappa shape index (κ1) is 37.0. The maximum Gasteiger partial charge on any atom is 0.435 e. The van der Waals surface area contributed by atoms with E-state index in [1.807, 2.05) is 84.9 Å². The van der Waals surface area contributed by atoms with Gasteiger partial charge in [-0.25, -0.2) is 29.5 Å². The maximum absolute atomic E-state index is 12.0. The molecule has 15 nitrogen and oxygen atoms in total. The molecule has 5 aromatic heterocycles. The van der Waals surface area contributed by atoms with Crippen LogP contribution in [0.1, 0.15) is 47.4 Å². The van der Waals surface area contributed by atoms with Crippen molar-refractivity contribution < 1.29 is 19.1 Å². The minimum absolute atomic E-state index is 0.182. The van der Waals surface area contributed by atoms with E-state index in [1.165, 1.54) is 4.68 Å². The van der Waals surface area contributed by atoms with Gasteiger partial charge in [-0.15, -0.1) is 0 Å². The number of ether oxygens (including phenoxy) is 2. The van der Waals surface area contributed by atoms with E-state index in [9.17, 15) is 9.59 Å². The van der Waals surface area contributed by atoms with Gasteiger partial charge in [-0.05, 0) is 102 Å². The first-order valence-electron chi connectivity index (χ1n) is 16.1. The molecular weight excluding hydrogens is 686 g/mol. The summed E-state index contributed by atoms with van der Waals surface area (Å²) in [7, 11) is 0. The molecule has 16 heteroatoms. The van der Waals surface area contributed by atoms with E-state index in [2.05, 4.69) is 45.8 Å². The Hall–Kier alpha value is -6.22. The van der Waals surface area contributed by atoms with Gasteiger partial charge in [0.05, 0.1) is 30.0 Å². The number of pyridine rings is 1. The van der Waals surface area contributed by atoms with Crippen LogP contribution in [0.25, 0.3) is 22.4 Å². The smallest absolute Gasteiger partial charge is 0.435 e. The standard InChI is InChI=1S/C18H18ClN5O2.C18H20N6O2/c1-18(2,3)26-17(25)24-11-13(10-21-24)12-4-6-14(7-5-12)22-15-8-9-20-16(19)23-15;1-12-19-8-7-16(22-12)23-14-5-6-15(20-10-14)13-9-21-24(11-13)17(25)26-18(2,3)4/h4-11H,1-3H3,(H,20,22,23);5-11H,1-4H3,(H,19,22,23). The summed E-state index contributed by atoms with van der Waals surface area (Å²) >= 11 is 5.77. The predicted octanol–water partition coefficient (Wildman–Crippen LogP) is 8.09. The summed E-state index contributed by atoms with van der Waals surface area (Å²) in [6.45, 7) is 12.7. The molecule has 0 radical (unpaired) electrons. The second-order valence-corrected chi connectivity index (χ2v) is 13.6. The lowest BCUT2D eigenvalue weighted by Gasteiger charge is -2.18. The van der Waals surface area contributed by atoms with Crippen molar-refractivity contribution in [2.45, 2.75) is 59.7 Å². The van der Waals surface area contributed by atoms with Crippen molar-refractivity contribution in [3.63, 3.8) is 0 Å². The highest BCUT2D eigenvalue weighted by molar-refractivity contribution is 6.28. The van der Waals surface area contributed by atoms with Gasteiger partial charge in [-0.2, -0.15) is 19.6 Å². The fourth-order valence-electron chi connectivity index (χ4n) is 4.35. The Kier molecular flexibility index (Phi) is 11.2. The van der Waals surface area contributed by atoms with Crippen LogP contribution in [-0.2, 0) is 9.47 Å². The molecule has 1 aromatic carbocycles. The van der Waals surface area contributed by atoms with Crippen molar-refractivity contribution >= 4 is 46.8 Å². The third-order valence-electron chi connectivity index (χ3n) is 6.55. The summed E-state index contributed by atoms with van der Waals surface area (Å²) in [5.74, 6) is 1.99. The topological polar surface area (TPSA) is 177 Å². The largest absolute Gasteiger partial charge is 0.442 e. The van der Waals surface area contributed by atoms with Gasteiger partial charge in [0.25, 0.3) is 0 Å². The SMILES string of the molecule is CC(C)(C)OC(=O)n1cc(-c2ccc(Nc3ccnc(Cl)n3)cc2)cn1.Cc1nccc(Nc2ccc(-c3cnn(C(=O)OC(C)(C)C)c3)nc2)n1. The molecule has 2 N–H and O–H groups in total. The molecule has 6 rings (SSSR count). The first-order valence-corrected chi connectivity index (χ1v) is 16.4. The Morgan fingerprint density at radius 3 is 1.73 bits per heavy atom. The van der Waals surface area contributed by atoms with Gasteiger partial charge in [0.2, 0.25) is 5.28 Å². The molecule has 5 heterocycles. The van der Waals surface area contributed by atoms with Crippen LogP contribution in [0.5, 0.6) is 0 Å². The van der Waals surface area contributed by atoms with Crippen LogP contribution < -0.4 is 10.6 Å². The third kappa shape index (κ3) is 10.9. The fourth-order valence-corrected chi connectivity index (χ4v) is 4.50. The Bertz CT molecular complexity index is 1980. The van der Waals surface area contributed by atoms with Crippen molar-refractivity contribution in [1.82, 2.24) is 44.5 Å². The highest BCUT2D eigenvalue weighted by atomic mass is 35.5. The molecule has 6 aromatic rings. The van der Waals surface area contributed by atoms with E-state index in [-0.39, 0.29) is 5.28 Å². The molecule has 0 unspecified atom stereocenters. The number of hydrogen-bond acceptors (Lipinski definition) is 13. The molecule has 0 atom stereocenters. The summed E-state index contributed by atoms with van der Waals surface area (Å²) in [5, 5.41) is 14.6. The number of carbonyl (C=O) groups excluding carboxylic acids is 2. The number of carbonyl (C=O) groups is 2. The van der Waals surface area contributed by atoms with Gasteiger partial charge >= 0.3 is 12.2 Å². The second-order valence-electron chi connectivity index (χ2n) is 13.3. The van der Waals surface area contributed by atoms with Crippen molar-refractivity contribution in [1.29, 1.82) is 0 Å². The zero-order valence-corrected chi connectivity index (χ0v) is 30.5. The lowest BCUT2D eigenvalue weighted by atomic mass is 10.1. The van der Waals surface area contributed by atoms with E-state index in [1.54, 1.807) is 55.5 Å². The average Bonchev–Trinajstić information content (AvgIpc) is 3.76. The minimum atomic E-state index is -0.575. The molecule has 52 heavy (non-hydrogen) atoms. The van der Waals surface area contributed by atoms with Crippen LogP contribution in [0.4, 0.5) is 32.6 Å². The Morgan fingerprint density at radius 2 is 1.17 bits per heavy atom. The molecule has 0 amide bonds. The number of rotatable bonds is 6. The second kappa shape index (κ2) is 15.8. The summed E-state index contributed by atoms with van der Waals surface area (Å²) < 4.78 is 12.9. The predicted molar refractivity (Wildman–Crippen MR) is 197 cm³/mol. The minimum Gasteiger partial charge on any atom is -0.442 e. The molecule has 0 aliphatic heterocycles. The molecule has 0 saturated heterocycles. The molecule has 0 aliphatic carbocycles. The van der Waals surface area contributed by atoms with Crippen molar-refractivity contribution in [2.75, 3.05) is 10.6 Å². The summed E-state index contributed by atoms with van der Waals surface area (Å²) in [4.78, 5) is 44.7. The van der Waals surface area contributed by atoms with Crippen LogP contribution in [0.15, 0.2) is 91.9 Å². The normalized spacial score (nSPS) is 11.2. The number of nitrogens with zero attached hydrogens (tertiary/aromatic N) is 9. The van der Waals surface area contributed by atoms with Gasteiger partial charge in [-0.1, -0.05) is 12.1 Å². The van der Waals surface area contributed by atoms with Crippen LogP contribution in [0.3, 0.4) is 0 Å². The summed E-state index contributed by atoms with van der Waals surface area (Å²) in [5.41, 5.74) is 3.66. The number of nitrogens with one attached hydrogen (secondary N) is 2. The Morgan fingerprint density at radius 1 is 0.635 bits per heavy atom. The first-order chi connectivity index (χ1) is 24.6. The molecule has 0 fully saturated rings. The number of hydrogen-bond donors (Lipinski definition) is 2. The van der Waals surface area contributed by atoms with Crippen LogP contribution >= 0.6 is 11.6 Å². The average molecular weight is 724 g/mol. The van der Waals surface area contributed by atoms with E-state index >= 15 is 0 Å². The van der Waals surface area contributed by atoms with E-state index in [0.29, 0.717) is 23.2 Å². The van der Waals surface area contributed by atoms with Gasteiger partial charge in [0.1, 0.15) is 28.7 Å². The van der Waals surface area contributed by atoms with Crippen LogP contribution in [-0.4, -0.2) is 67.9 Å². The summed E-state index contributed by atoms with van der Waals surface area (Å²) in [6.07, 6.45) is 10.4. The Balaban J connectivity index is 0.000000201. The molecule has 268 valence electrons. The highest BCUT2D eigenvalue weighted by Crippen LogP contribution is 2.24. The monoisotopic (exact) mass is 723 g/mol. The van der Waals surface area contributed by atoms with Gasteiger partial charge in [0, 0.05) is 41.6 Å². The van der Waals surface area contributed by atoms with Crippen molar-refractivity contribution in [3.8, 4) is 22.4 Å². The van der Waals surface area contributed by atoms with Crippen molar-refractivity contribution in [3.05, 3.63) is 103 Å². The molecule has 0 bridgehead atoms.